The first-order valence-electron chi connectivity index (χ1n) is 10.3. The molecule has 1 aromatic heterocycles. The molecule has 1 N–H and O–H groups in total. The summed E-state index contributed by atoms with van der Waals surface area (Å²) >= 11 is 12.2. The van der Waals surface area contributed by atoms with Gasteiger partial charge in [0.15, 0.2) is 0 Å². The predicted molar refractivity (Wildman–Crippen MR) is 126 cm³/mol. The van der Waals surface area contributed by atoms with Gasteiger partial charge in [-0.1, -0.05) is 41.4 Å². The van der Waals surface area contributed by atoms with Crippen LogP contribution >= 0.6 is 23.2 Å². The standard InChI is InChI=1S/C24H23Cl2N3O3/c25-19-7-6-18(22(26)14-19)16-32-20-4-1-3-17(13-20)15-28-9-11-29(12-10-28)23-21(24(30)31)5-2-8-27-23/h1-8,13-14H,9-12,15-16H2,(H,30,31). The van der Waals surface area contributed by atoms with Gasteiger partial charge in [0.2, 0.25) is 0 Å². The summed E-state index contributed by atoms with van der Waals surface area (Å²) in [5, 5.41) is 10.6. The van der Waals surface area contributed by atoms with E-state index < -0.39 is 5.97 Å². The number of halogens is 2. The van der Waals surface area contributed by atoms with E-state index in [1.54, 1.807) is 30.5 Å². The smallest absolute Gasteiger partial charge is 0.339 e. The Morgan fingerprint density at radius 3 is 2.59 bits per heavy atom. The number of pyridine rings is 1. The van der Waals surface area contributed by atoms with Crippen molar-refractivity contribution >= 4 is 35.0 Å². The number of carboxylic acids is 1. The first-order chi connectivity index (χ1) is 15.5. The van der Waals surface area contributed by atoms with E-state index in [1.165, 1.54) is 0 Å². The van der Waals surface area contributed by atoms with Crippen LogP contribution in [0.3, 0.4) is 0 Å². The van der Waals surface area contributed by atoms with Crippen molar-refractivity contribution in [1.82, 2.24) is 9.88 Å². The fourth-order valence-corrected chi connectivity index (χ4v) is 4.19. The largest absolute Gasteiger partial charge is 0.489 e. The SMILES string of the molecule is O=C(O)c1cccnc1N1CCN(Cc2cccc(OCc3ccc(Cl)cc3Cl)c2)CC1. The van der Waals surface area contributed by atoms with Crippen LogP contribution in [0.2, 0.25) is 10.0 Å². The van der Waals surface area contributed by atoms with E-state index >= 15 is 0 Å². The van der Waals surface area contributed by atoms with Crippen molar-refractivity contribution in [3.63, 3.8) is 0 Å². The summed E-state index contributed by atoms with van der Waals surface area (Å²) in [6.45, 7) is 4.25. The maximum Gasteiger partial charge on any atom is 0.339 e. The Bertz CT molecular complexity index is 1100. The van der Waals surface area contributed by atoms with Crippen LogP contribution < -0.4 is 9.64 Å². The minimum Gasteiger partial charge on any atom is -0.489 e. The molecule has 3 aromatic rings. The zero-order valence-corrected chi connectivity index (χ0v) is 18.9. The molecule has 0 unspecified atom stereocenters. The summed E-state index contributed by atoms with van der Waals surface area (Å²) in [4.78, 5) is 20.2. The normalized spacial score (nSPS) is 14.4. The molecule has 0 radical (unpaired) electrons. The number of aromatic nitrogens is 1. The van der Waals surface area contributed by atoms with E-state index in [0.29, 0.717) is 22.5 Å². The first kappa shape index (κ1) is 22.4. The van der Waals surface area contributed by atoms with Crippen LogP contribution in [-0.4, -0.2) is 47.1 Å². The highest BCUT2D eigenvalue weighted by atomic mass is 35.5. The molecule has 1 fully saturated rings. The second-order valence-electron chi connectivity index (χ2n) is 7.61. The van der Waals surface area contributed by atoms with Crippen LogP contribution in [0.4, 0.5) is 5.82 Å². The Hall–Kier alpha value is -2.80. The molecular formula is C24H23Cl2N3O3. The molecule has 1 aliphatic rings. The summed E-state index contributed by atoms with van der Waals surface area (Å²) in [5.74, 6) is 0.370. The summed E-state index contributed by atoms with van der Waals surface area (Å²) in [5.41, 5.74) is 2.28. The van der Waals surface area contributed by atoms with Gasteiger partial charge in [0.1, 0.15) is 23.7 Å². The maximum atomic E-state index is 11.5. The zero-order chi connectivity index (χ0) is 22.5. The molecule has 4 rings (SSSR count). The molecule has 0 saturated carbocycles. The number of piperazine rings is 1. The lowest BCUT2D eigenvalue weighted by atomic mass is 10.1. The first-order valence-corrected chi connectivity index (χ1v) is 11.1. The Morgan fingerprint density at radius 1 is 1.03 bits per heavy atom. The van der Waals surface area contributed by atoms with Crippen LogP contribution in [0, 0.1) is 0 Å². The van der Waals surface area contributed by atoms with E-state index in [0.717, 1.165) is 49.6 Å². The second-order valence-corrected chi connectivity index (χ2v) is 8.46. The van der Waals surface area contributed by atoms with Crippen LogP contribution in [0.1, 0.15) is 21.5 Å². The molecular weight excluding hydrogens is 449 g/mol. The summed E-state index contributed by atoms with van der Waals surface area (Å²) in [7, 11) is 0. The van der Waals surface area contributed by atoms with Crippen LogP contribution in [0.15, 0.2) is 60.8 Å². The highest BCUT2D eigenvalue weighted by molar-refractivity contribution is 6.35. The number of hydrogen-bond acceptors (Lipinski definition) is 5. The monoisotopic (exact) mass is 471 g/mol. The number of benzene rings is 2. The molecule has 0 bridgehead atoms. The van der Waals surface area contributed by atoms with E-state index in [9.17, 15) is 9.90 Å². The van der Waals surface area contributed by atoms with E-state index in [1.807, 2.05) is 29.2 Å². The number of anilines is 1. The van der Waals surface area contributed by atoms with Crippen LogP contribution in [-0.2, 0) is 13.2 Å². The highest BCUT2D eigenvalue weighted by Crippen LogP contribution is 2.24. The minimum atomic E-state index is -0.952. The zero-order valence-electron chi connectivity index (χ0n) is 17.4. The summed E-state index contributed by atoms with van der Waals surface area (Å²) < 4.78 is 5.93. The molecule has 0 spiro atoms. The summed E-state index contributed by atoms with van der Waals surface area (Å²) in [6.07, 6.45) is 1.64. The topological polar surface area (TPSA) is 65.9 Å². The van der Waals surface area contributed by atoms with Crippen molar-refractivity contribution in [3.8, 4) is 5.75 Å². The third kappa shape index (κ3) is 5.51. The number of ether oxygens (including phenoxy) is 1. The van der Waals surface area contributed by atoms with Gasteiger partial charge in [0, 0.05) is 54.5 Å². The third-order valence-electron chi connectivity index (χ3n) is 5.40. The lowest BCUT2D eigenvalue weighted by Crippen LogP contribution is -2.46. The number of rotatable bonds is 7. The maximum absolute atomic E-state index is 11.5. The van der Waals surface area contributed by atoms with Gasteiger partial charge >= 0.3 is 5.97 Å². The number of aromatic carboxylic acids is 1. The lowest BCUT2D eigenvalue weighted by Gasteiger charge is -2.35. The molecule has 0 atom stereocenters. The highest BCUT2D eigenvalue weighted by Gasteiger charge is 2.22. The molecule has 166 valence electrons. The quantitative estimate of drug-likeness (QED) is 0.523. The summed E-state index contributed by atoms with van der Waals surface area (Å²) in [6, 6.07) is 16.7. The van der Waals surface area contributed by atoms with Gasteiger partial charge < -0.3 is 14.7 Å². The Labute approximate surface area is 197 Å². The van der Waals surface area contributed by atoms with E-state index in [4.69, 9.17) is 27.9 Å². The van der Waals surface area contributed by atoms with Gasteiger partial charge in [0.25, 0.3) is 0 Å². The van der Waals surface area contributed by atoms with Gasteiger partial charge in [-0.25, -0.2) is 9.78 Å². The lowest BCUT2D eigenvalue weighted by molar-refractivity contribution is 0.0697. The van der Waals surface area contributed by atoms with E-state index in [2.05, 4.69) is 16.0 Å². The molecule has 0 amide bonds. The Kier molecular flexibility index (Phi) is 7.15. The molecule has 0 aliphatic carbocycles. The molecule has 2 heterocycles. The average Bonchev–Trinajstić information content (AvgIpc) is 2.79. The molecule has 1 saturated heterocycles. The van der Waals surface area contributed by atoms with Crippen molar-refractivity contribution in [2.24, 2.45) is 0 Å². The second kappa shape index (κ2) is 10.2. The molecule has 2 aromatic carbocycles. The number of carbonyl (C=O) groups is 1. The molecule has 6 nitrogen and oxygen atoms in total. The van der Waals surface area contributed by atoms with Crippen molar-refractivity contribution in [2.75, 3.05) is 31.1 Å². The van der Waals surface area contributed by atoms with Crippen molar-refractivity contribution in [1.29, 1.82) is 0 Å². The fourth-order valence-electron chi connectivity index (χ4n) is 3.73. The minimum absolute atomic E-state index is 0.242. The van der Waals surface area contributed by atoms with Crippen LogP contribution in [0.5, 0.6) is 5.75 Å². The van der Waals surface area contributed by atoms with Crippen LogP contribution in [0.25, 0.3) is 0 Å². The van der Waals surface area contributed by atoms with Gasteiger partial charge in [0.05, 0.1) is 0 Å². The van der Waals surface area contributed by atoms with Crippen molar-refractivity contribution in [3.05, 3.63) is 87.5 Å². The van der Waals surface area contributed by atoms with Gasteiger partial charge in [-0.05, 0) is 42.0 Å². The van der Waals surface area contributed by atoms with Gasteiger partial charge in [-0.15, -0.1) is 0 Å². The fraction of sp³-hybridized carbons (Fsp3) is 0.250. The molecule has 32 heavy (non-hydrogen) atoms. The number of nitrogens with zero attached hydrogens (tertiary/aromatic N) is 3. The average molecular weight is 472 g/mol. The van der Waals surface area contributed by atoms with E-state index in [-0.39, 0.29) is 5.56 Å². The number of carboxylic acid groups (broad SMARTS) is 1. The Balaban J connectivity index is 1.33. The van der Waals surface area contributed by atoms with Crippen molar-refractivity contribution < 1.29 is 14.6 Å². The Morgan fingerprint density at radius 2 is 1.84 bits per heavy atom. The number of hydrogen-bond donors (Lipinski definition) is 1. The molecule has 8 heteroatoms. The van der Waals surface area contributed by atoms with Gasteiger partial charge in [-0.2, -0.15) is 0 Å². The van der Waals surface area contributed by atoms with Gasteiger partial charge in [-0.3, -0.25) is 4.90 Å². The predicted octanol–water partition coefficient (Wildman–Crippen LogP) is 4.99. The van der Waals surface area contributed by atoms with Crippen molar-refractivity contribution in [2.45, 2.75) is 13.2 Å². The molecule has 1 aliphatic heterocycles. The third-order valence-corrected chi connectivity index (χ3v) is 5.99.